The van der Waals surface area contributed by atoms with Crippen LogP contribution in [0, 0.1) is 6.92 Å². The summed E-state index contributed by atoms with van der Waals surface area (Å²) < 4.78 is 0. The van der Waals surface area contributed by atoms with Crippen molar-refractivity contribution in [3.05, 3.63) is 24.0 Å². The number of nitrogens with zero attached hydrogens (tertiary/aromatic N) is 1. The topological polar surface area (TPSA) is 37.0 Å². The van der Waals surface area contributed by atoms with E-state index in [-0.39, 0.29) is 0 Å². The van der Waals surface area contributed by atoms with E-state index in [1.165, 1.54) is 25.1 Å². The van der Waals surface area contributed by atoms with E-state index in [1.807, 2.05) is 19.2 Å². The van der Waals surface area contributed by atoms with Crippen LogP contribution >= 0.6 is 0 Å². The van der Waals surface area contributed by atoms with Crippen molar-refractivity contribution in [1.29, 1.82) is 0 Å². The fourth-order valence-electron chi connectivity index (χ4n) is 1.83. The Hall–Kier alpha value is -1.09. The molecule has 2 rings (SSSR count). The van der Waals surface area contributed by atoms with Gasteiger partial charge in [0.25, 0.3) is 0 Å². The van der Waals surface area contributed by atoms with Gasteiger partial charge in [-0.05, 0) is 38.4 Å². The van der Waals surface area contributed by atoms with Gasteiger partial charge in [-0.1, -0.05) is 0 Å². The fourth-order valence-corrected chi connectivity index (χ4v) is 1.83. The first-order chi connectivity index (χ1) is 6.84. The predicted octanol–water partition coefficient (Wildman–Crippen LogP) is 1.55. The molecule has 76 valence electrons. The standard InChI is InChI=1S/C11H17N3/c1-9-7-10(4-6-12-9)14-8-11-3-2-5-13-11/h4,6-7,11,13H,2-3,5,8H2,1H3,(H,12,14). The van der Waals surface area contributed by atoms with Gasteiger partial charge < -0.3 is 10.6 Å². The molecule has 3 heteroatoms. The number of hydrogen-bond donors (Lipinski definition) is 2. The van der Waals surface area contributed by atoms with E-state index in [9.17, 15) is 0 Å². The summed E-state index contributed by atoms with van der Waals surface area (Å²) in [6.45, 7) is 4.20. The van der Waals surface area contributed by atoms with Gasteiger partial charge in [0.1, 0.15) is 0 Å². The van der Waals surface area contributed by atoms with Crippen molar-refractivity contribution in [2.75, 3.05) is 18.4 Å². The molecule has 1 unspecified atom stereocenters. The largest absolute Gasteiger partial charge is 0.383 e. The summed E-state index contributed by atoms with van der Waals surface area (Å²) in [4.78, 5) is 4.16. The Labute approximate surface area is 84.9 Å². The van der Waals surface area contributed by atoms with Crippen LogP contribution in [0.1, 0.15) is 18.5 Å². The third kappa shape index (κ3) is 2.45. The van der Waals surface area contributed by atoms with Crippen LogP contribution in [0.2, 0.25) is 0 Å². The van der Waals surface area contributed by atoms with Crippen molar-refractivity contribution in [2.24, 2.45) is 0 Å². The Morgan fingerprint density at radius 2 is 2.57 bits per heavy atom. The summed E-state index contributed by atoms with van der Waals surface area (Å²) in [7, 11) is 0. The van der Waals surface area contributed by atoms with Crippen molar-refractivity contribution < 1.29 is 0 Å². The SMILES string of the molecule is Cc1cc(NCC2CCCN2)ccn1. The van der Waals surface area contributed by atoms with Gasteiger partial charge in [-0.25, -0.2) is 0 Å². The highest BCUT2D eigenvalue weighted by Gasteiger charge is 2.12. The molecule has 0 saturated carbocycles. The van der Waals surface area contributed by atoms with E-state index in [4.69, 9.17) is 0 Å². The number of aryl methyl sites for hydroxylation is 1. The maximum absolute atomic E-state index is 4.16. The molecule has 2 N–H and O–H groups in total. The summed E-state index contributed by atoms with van der Waals surface area (Å²) >= 11 is 0. The molecular formula is C11H17N3. The minimum atomic E-state index is 0.642. The lowest BCUT2D eigenvalue weighted by Crippen LogP contribution is -2.29. The van der Waals surface area contributed by atoms with E-state index >= 15 is 0 Å². The van der Waals surface area contributed by atoms with Crippen LogP contribution in [0.25, 0.3) is 0 Å². The molecule has 0 spiro atoms. The molecule has 1 aliphatic rings. The summed E-state index contributed by atoms with van der Waals surface area (Å²) in [6, 6.07) is 4.74. The highest BCUT2D eigenvalue weighted by molar-refractivity contribution is 5.43. The lowest BCUT2D eigenvalue weighted by Gasteiger charge is -2.12. The molecule has 3 nitrogen and oxygen atoms in total. The Morgan fingerprint density at radius 1 is 1.64 bits per heavy atom. The van der Waals surface area contributed by atoms with Crippen molar-refractivity contribution in [2.45, 2.75) is 25.8 Å². The molecule has 0 radical (unpaired) electrons. The molecule has 1 aliphatic heterocycles. The lowest BCUT2D eigenvalue weighted by atomic mass is 10.2. The van der Waals surface area contributed by atoms with E-state index < -0.39 is 0 Å². The number of aromatic nitrogens is 1. The van der Waals surface area contributed by atoms with Crippen molar-refractivity contribution in [3.8, 4) is 0 Å². The average molecular weight is 191 g/mol. The molecule has 0 amide bonds. The quantitative estimate of drug-likeness (QED) is 0.761. The maximum atomic E-state index is 4.16. The minimum Gasteiger partial charge on any atom is -0.383 e. The van der Waals surface area contributed by atoms with Gasteiger partial charge in [0, 0.05) is 30.2 Å². The Bertz CT molecular complexity index is 292. The molecule has 0 bridgehead atoms. The summed E-state index contributed by atoms with van der Waals surface area (Å²) in [5, 5.41) is 6.89. The molecule has 1 saturated heterocycles. The summed E-state index contributed by atoms with van der Waals surface area (Å²) in [5.74, 6) is 0. The number of rotatable bonds is 3. The molecule has 1 aromatic rings. The summed E-state index contributed by atoms with van der Waals surface area (Å²) in [5.41, 5.74) is 2.24. The first-order valence-corrected chi connectivity index (χ1v) is 5.24. The second-order valence-electron chi connectivity index (χ2n) is 3.86. The van der Waals surface area contributed by atoms with Crippen LogP contribution in [0.3, 0.4) is 0 Å². The molecule has 14 heavy (non-hydrogen) atoms. The molecule has 0 aliphatic carbocycles. The lowest BCUT2D eigenvalue weighted by molar-refractivity contribution is 0.633. The minimum absolute atomic E-state index is 0.642. The van der Waals surface area contributed by atoms with Gasteiger partial charge in [-0.15, -0.1) is 0 Å². The van der Waals surface area contributed by atoms with Gasteiger partial charge in [0.2, 0.25) is 0 Å². The average Bonchev–Trinajstić information content (AvgIpc) is 2.67. The predicted molar refractivity (Wildman–Crippen MR) is 58.5 cm³/mol. The highest BCUT2D eigenvalue weighted by atomic mass is 15.0. The van der Waals surface area contributed by atoms with Crippen LogP contribution in [0.5, 0.6) is 0 Å². The fraction of sp³-hybridized carbons (Fsp3) is 0.545. The highest BCUT2D eigenvalue weighted by Crippen LogP contribution is 2.09. The molecule has 1 aromatic heterocycles. The summed E-state index contributed by atoms with van der Waals surface area (Å²) in [6.07, 6.45) is 4.44. The van der Waals surface area contributed by atoms with E-state index in [1.54, 1.807) is 0 Å². The Morgan fingerprint density at radius 3 is 3.29 bits per heavy atom. The van der Waals surface area contributed by atoms with Gasteiger partial charge in [-0.3, -0.25) is 4.98 Å². The zero-order valence-corrected chi connectivity index (χ0v) is 8.59. The van der Waals surface area contributed by atoms with Crippen molar-refractivity contribution in [3.63, 3.8) is 0 Å². The normalized spacial score (nSPS) is 21.1. The van der Waals surface area contributed by atoms with Gasteiger partial charge in [0.05, 0.1) is 0 Å². The van der Waals surface area contributed by atoms with Gasteiger partial charge in [-0.2, -0.15) is 0 Å². The zero-order chi connectivity index (χ0) is 9.80. The number of nitrogens with one attached hydrogen (secondary N) is 2. The monoisotopic (exact) mass is 191 g/mol. The van der Waals surface area contributed by atoms with Crippen molar-refractivity contribution in [1.82, 2.24) is 10.3 Å². The van der Waals surface area contributed by atoms with Crippen molar-refractivity contribution >= 4 is 5.69 Å². The molecule has 1 fully saturated rings. The smallest absolute Gasteiger partial charge is 0.0393 e. The zero-order valence-electron chi connectivity index (χ0n) is 8.59. The molecule has 2 heterocycles. The number of anilines is 1. The first kappa shape index (κ1) is 9.46. The first-order valence-electron chi connectivity index (χ1n) is 5.24. The Kier molecular flexibility index (Phi) is 2.99. The molecule has 1 atom stereocenters. The second-order valence-corrected chi connectivity index (χ2v) is 3.86. The van der Waals surface area contributed by atoms with Crippen LogP contribution in [-0.2, 0) is 0 Å². The third-order valence-electron chi connectivity index (χ3n) is 2.61. The third-order valence-corrected chi connectivity index (χ3v) is 2.61. The maximum Gasteiger partial charge on any atom is 0.0393 e. The molecule has 0 aromatic carbocycles. The van der Waals surface area contributed by atoms with E-state index in [0.29, 0.717) is 6.04 Å². The Balaban J connectivity index is 1.85. The number of hydrogen-bond acceptors (Lipinski definition) is 3. The van der Waals surface area contributed by atoms with Crippen LogP contribution < -0.4 is 10.6 Å². The van der Waals surface area contributed by atoms with E-state index in [0.717, 1.165) is 12.2 Å². The second kappa shape index (κ2) is 4.42. The van der Waals surface area contributed by atoms with Crippen LogP contribution in [-0.4, -0.2) is 24.1 Å². The molecular weight excluding hydrogens is 174 g/mol. The van der Waals surface area contributed by atoms with E-state index in [2.05, 4.69) is 21.7 Å². The number of pyridine rings is 1. The van der Waals surface area contributed by atoms with Gasteiger partial charge >= 0.3 is 0 Å². The van der Waals surface area contributed by atoms with Crippen LogP contribution in [0.15, 0.2) is 18.3 Å². The van der Waals surface area contributed by atoms with Crippen LogP contribution in [0.4, 0.5) is 5.69 Å². The van der Waals surface area contributed by atoms with Gasteiger partial charge in [0.15, 0.2) is 0 Å².